The third-order valence-corrected chi connectivity index (χ3v) is 6.00. The molecule has 0 saturated carbocycles. The second-order valence-corrected chi connectivity index (χ2v) is 9.56. The van der Waals surface area contributed by atoms with Crippen molar-refractivity contribution in [1.29, 1.82) is 0 Å². The molecule has 2 rings (SSSR count). The van der Waals surface area contributed by atoms with Crippen LogP contribution in [0, 0.1) is 12.8 Å². The van der Waals surface area contributed by atoms with Gasteiger partial charge in [-0.25, -0.2) is 0 Å². The van der Waals surface area contributed by atoms with Crippen LogP contribution in [0.4, 0.5) is 0 Å². The predicted octanol–water partition coefficient (Wildman–Crippen LogP) is 7.10. The van der Waals surface area contributed by atoms with Gasteiger partial charge in [-0.2, -0.15) is 0 Å². The largest absolute Gasteiger partial charge is 0.496 e. The van der Waals surface area contributed by atoms with E-state index in [0.717, 1.165) is 40.1 Å². The van der Waals surface area contributed by atoms with Gasteiger partial charge in [0.05, 0.1) is 12.0 Å². The molecule has 0 fully saturated rings. The van der Waals surface area contributed by atoms with Gasteiger partial charge in [-0.3, -0.25) is 14.4 Å². The van der Waals surface area contributed by atoms with Gasteiger partial charge >= 0.3 is 0 Å². The average molecular weight is 489 g/mol. The van der Waals surface area contributed by atoms with E-state index in [-0.39, 0.29) is 28.0 Å². The van der Waals surface area contributed by atoms with Gasteiger partial charge in [0.2, 0.25) is 0 Å². The summed E-state index contributed by atoms with van der Waals surface area (Å²) in [6, 6.07) is 13.1. The topological polar surface area (TPSA) is 60.4 Å². The summed E-state index contributed by atoms with van der Waals surface area (Å²) in [5.41, 5.74) is 3.07. The van der Waals surface area contributed by atoms with Crippen LogP contribution in [-0.2, 0) is 20.8 Å². The summed E-state index contributed by atoms with van der Waals surface area (Å²) in [6.45, 7) is 10.8. The molecule has 0 heterocycles. The number of ketones is 2. The van der Waals surface area contributed by atoms with Crippen molar-refractivity contribution in [2.24, 2.45) is 5.92 Å². The van der Waals surface area contributed by atoms with E-state index in [1.165, 1.54) is 13.8 Å². The van der Waals surface area contributed by atoms with Crippen LogP contribution in [0.15, 0.2) is 47.4 Å². The van der Waals surface area contributed by atoms with Crippen LogP contribution < -0.4 is 4.74 Å². The van der Waals surface area contributed by atoms with E-state index in [9.17, 15) is 14.4 Å². The van der Waals surface area contributed by atoms with Gasteiger partial charge in [-0.15, -0.1) is 0 Å². The zero-order valence-corrected chi connectivity index (χ0v) is 22.0. The van der Waals surface area contributed by atoms with Gasteiger partial charge < -0.3 is 4.74 Å². The van der Waals surface area contributed by atoms with Crippen molar-refractivity contribution >= 4 is 45.6 Å². The molecule has 0 aromatic heterocycles. The Balaban J connectivity index is 0.000000361. The van der Waals surface area contributed by atoms with Crippen molar-refractivity contribution in [3.63, 3.8) is 0 Å². The van der Waals surface area contributed by atoms with Crippen LogP contribution >= 0.6 is 23.4 Å². The standard InChI is InChI=1S/C16H18O3S.C11H15ClO/c1-5-14(19)16(20-12(4)18)15(11(3)17)13-9-7-6-8-10(13)2;1-8(2)7-9-10(12)5-4-6-11(9)13-3/h6-9H,5H2,1-4H3;4-6,8H,7H2,1-3H3/b16-15+;. The third-order valence-electron chi connectivity index (χ3n) is 4.72. The fraction of sp³-hybridized carbons (Fsp3) is 0.370. The monoisotopic (exact) mass is 488 g/mol. The molecule has 0 radical (unpaired) electrons. The lowest BCUT2D eigenvalue weighted by molar-refractivity contribution is -0.115. The second kappa shape index (κ2) is 14.0. The maximum absolute atomic E-state index is 12.1. The van der Waals surface area contributed by atoms with E-state index < -0.39 is 0 Å². The Hall–Kier alpha value is -2.37. The maximum Gasteiger partial charge on any atom is 0.190 e. The molecular weight excluding hydrogens is 456 g/mol. The Kier molecular flexibility index (Phi) is 12.2. The lowest BCUT2D eigenvalue weighted by atomic mass is 9.96. The Labute approximate surface area is 206 Å². The first-order valence-electron chi connectivity index (χ1n) is 10.9. The molecule has 33 heavy (non-hydrogen) atoms. The number of rotatable bonds is 8. The van der Waals surface area contributed by atoms with E-state index in [1.807, 2.05) is 43.3 Å². The Bertz CT molecular complexity index is 1020. The van der Waals surface area contributed by atoms with Crippen LogP contribution in [-0.4, -0.2) is 23.8 Å². The highest BCUT2D eigenvalue weighted by Crippen LogP contribution is 2.32. The summed E-state index contributed by atoms with van der Waals surface area (Å²) in [5, 5.41) is 0.599. The summed E-state index contributed by atoms with van der Waals surface area (Å²) < 4.78 is 5.24. The van der Waals surface area contributed by atoms with E-state index >= 15 is 0 Å². The normalized spacial score (nSPS) is 11.3. The molecule has 0 bridgehead atoms. The van der Waals surface area contributed by atoms with Gasteiger partial charge in [-0.05, 0) is 61.2 Å². The first kappa shape index (κ1) is 28.7. The van der Waals surface area contributed by atoms with Crippen LogP contribution in [0.1, 0.15) is 57.7 Å². The number of hydrogen-bond acceptors (Lipinski definition) is 5. The second-order valence-electron chi connectivity index (χ2n) is 7.96. The molecule has 0 aliphatic rings. The van der Waals surface area contributed by atoms with Crippen molar-refractivity contribution in [3.8, 4) is 5.75 Å². The van der Waals surface area contributed by atoms with Gasteiger partial charge in [0.25, 0.3) is 0 Å². The van der Waals surface area contributed by atoms with Gasteiger partial charge in [0.15, 0.2) is 16.7 Å². The quantitative estimate of drug-likeness (QED) is 0.371. The molecule has 6 heteroatoms. The number of allylic oxidation sites excluding steroid dienone is 2. The molecule has 2 aromatic rings. The maximum atomic E-state index is 12.1. The molecule has 0 amide bonds. The minimum absolute atomic E-state index is 0.182. The zero-order chi connectivity index (χ0) is 25.1. The number of thioether (sulfide) groups is 1. The number of halogens is 1. The highest BCUT2D eigenvalue weighted by Gasteiger charge is 2.22. The molecule has 0 atom stereocenters. The molecule has 0 saturated heterocycles. The summed E-state index contributed by atoms with van der Waals surface area (Å²) >= 11 is 6.91. The average Bonchev–Trinajstić information content (AvgIpc) is 2.75. The summed E-state index contributed by atoms with van der Waals surface area (Å²) in [4.78, 5) is 35.7. The van der Waals surface area contributed by atoms with Gasteiger partial charge in [0.1, 0.15) is 5.75 Å². The Morgan fingerprint density at radius 1 is 1.03 bits per heavy atom. The minimum Gasteiger partial charge on any atom is -0.496 e. The SMILES string of the molecule is CCC(=O)/C(SC(C)=O)=C(/C(C)=O)c1ccccc1C.COc1cccc(Cl)c1CC(C)C. The smallest absolute Gasteiger partial charge is 0.190 e. The Morgan fingerprint density at radius 2 is 1.67 bits per heavy atom. The minimum atomic E-state index is -0.204. The number of aryl methyl sites for hydroxylation is 1. The number of benzene rings is 2. The van der Waals surface area contributed by atoms with Crippen LogP contribution in [0.25, 0.3) is 5.57 Å². The summed E-state index contributed by atoms with van der Waals surface area (Å²) in [5.74, 6) is 1.10. The van der Waals surface area contributed by atoms with Gasteiger partial charge in [0, 0.05) is 29.5 Å². The van der Waals surface area contributed by atoms with E-state index in [0.29, 0.717) is 17.1 Å². The van der Waals surface area contributed by atoms with E-state index in [1.54, 1.807) is 20.1 Å². The number of ether oxygens (including phenoxy) is 1. The first-order chi connectivity index (χ1) is 15.5. The van der Waals surface area contributed by atoms with Crippen molar-refractivity contribution in [2.45, 2.75) is 54.4 Å². The molecule has 0 spiro atoms. The van der Waals surface area contributed by atoms with Gasteiger partial charge in [-0.1, -0.05) is 62.7 Å². The van der Waals surface area contributed by atoms with Crippen LogP contribution in [0.3, 0.4) is 0 Å². The molecule has 0 N–H and O–H groups in total. The fourth-order valence-corrected chi connectivity index (χ4v) is 4.36. The van der Waals surface area contributed by atoms with Crippen LogP contribution in [0.2, 0.25) is 5.02 Å². The number of Topliss-reactive ketones (excluding diaryl/α,β-unsaturated/α-hetero) is 2. The number of carbonyl (C=O) groups is 3. The van der Waals surface area contributed by atoms with Crippen molar-refractivity contribution in [3.05, 3.63) is 69.1 Å². The van der Waals surface area contributed by atoms with Crippen molar-refractivity contribution in [2.75, 3.05) is 7.11 Å². The highest BCUT2D eigenvalue weighted by atomic mass is 35.5. The van der Waals surface area contributed by atoms with Crippen LogP contribution in [0.5, 0.6) is 5.75 Å². The Morgan fingerprint density at radius 3 is 2.15 bits per heavy atom. The van der Waals surface area contributed by atoms with Crippen molar-refractivity contribution < 1.29 is 19.1 Å². The third kappa shape index (κ3) is 8.82. The number of carbonyl (C=O) groups excluding carboxylic acids is 3. The lowest BCUT2D eigenvalue weighted by Crippen LogP contribution is -2.09. The highest BCUT2D eigenvalue weighted by molar-refractivity contribution is 8.17. The molecule has 0 unspecified atom stereocenters. The molecule has 0 aliphatic heterocycles. The predicted molar refractivity (Wildman–Crippen MR) is 139 cm³/mol. The van der Waals surface area contributed by atoms with Crippen molar-refractivity contribution in [1.82, 2.24) is 0 Å². The van der Waals surface area contributed by atoms with E-state index in [2.05, 4.69) is 13.8 Å². The summed E-state index contributed by atoms with van der Waals surface area (Å²) in [7, 11) is 1.68. The molecule has 2 aromatic carbocycles. The molecule has 0 aliphatic carbocycles. The molecule has 4 nitrogen and oxygen atoms in total. The van der Waals surface area contributed by atoms with E-state index in [4.69, 9.17) is 16.3 Å². The first-order valence-corrected chi connectivity index (χ1v) is 12.1. The fourth-order valence-electron chi connectivity index (χ4n) is 3.21. The zero-order valence-electron chi connectivity index (χ0n) is 20.5. The molecular formula is C27H33ClO4S. The lowest BCUT2D eigenvalue weighted by Gasteiger charge is -2.13. The summed E-state index contributed by atoms with van der Waals surface area (Å²) in [6.07, 6.45) is 1.22. The molecule has 178 valence electrons. The number of hydrogen-bond donors (Lipinski definition) is 0. The number of methoxy groups -OCH3 is 1.